The van der Waals surface area contributed by atoms with Gasteiger partial charge in [0, 0.05) is 51.0 Å². The third-order valence-corrected chi connectivity index (χ3v) is 10.1. The summed E-state index contributed by atoms with van der Waals surface area (Å²) < 4.78 is 12.7. The minimum atomic E-state index is -2.01. The van der Waals surface area contributed by atoms with Gasteiger partial charge >= 0.3 is 0 Å². The Morgan fingerprint density at radius 1 is 0.932 bits per heavy atom. The van der Waals surface area contributed by atoms with E-state index in [1.807, 2.05) is 11.8 Å². The minimum absolute atomic E-state index is 0.00838. The molecule has 4 saturated heterocycles. The number of likely N-dealkylation sites (tertiary alicyclic amines) is 2. The van der Waals surface area contributed by atoms with Crippen molar-refractivity contribution in [2.75, 3.05) is 39.4 Å². The third-order valence-electron chi connectivity index (χ3n) is 10.1. The maximum Gasteiger partial charge on any atom is 0.245 e. The summed E-state index contributed by atoms with van der Waals surface area (Å²) in [5, 5.41) is -4.50. The Morgan fingerprint density at radius 2 is 1.50 bits per heavy atom. The number of rotatable bonds is 8. The number of nitrogens with zero attached hydrogens (tertiary/aromatic N) is 3. The van der Waals surface area contributed by atoms with E-state index in [2.05, 4.69) is 33.0 Å². The van der Waals surface area contributed by atoms with Crippen molar-refractivity contribution in [1.29, 1.82) is 0 Å². The lowest BCUT2D eigenvalue weighted by atomic mass is 9.17. The smallest absolute Gasteiger partial charge is 0.245 e. The molecule has 8 nitrogen and oxygen atoms in total. The fraction of sp³-hybridized carbons (Fsp3) is 0.929. The molecule has 4 aliphatic rings. The molecule has 3 atom stereocenters. The van der Waals surface area contributed by atoms with Crippen molar-refractivity contribution in [2.45, 2.75) is 105 Å². The highest BCUT2D eigenvalue weighted by molar-refractivity contribution is 6.67. The molecule has 0 aromatic carbocycles. The summed E-state index contributed by atoms with van der Waals surface area (Å²) in [7, 11) is 49.8. The first-order valence-electron chi connectivity index (χ1n) is 15.9. The van der Waals surface area contributed by atoms with Gasteiger partial charge in [0.15, 0.2) is 5.79 Å². The number of ether oxygens (including phenoxy) is 2. The van der Waals surface area contributed by atoms with Gasteiger partial charge in [-0.3, -0.25) is 9.59 Å². The zero-order chi connectivity index (χ0) is 33.0. The van der Waals surface area contributed by atoms with Crippen LogP contribution in [-0.2, 0) is 19.1 Å². The maximum absolute atomic E-state index is 14.1. The molecule has 16 radical (unpaired) electrons. The summed E-state index contributed by atoms with van der Waals surface area (Å²) in [5.41, 5.74) is 0. The quantitative estimate of drug-likeness (QED) is 0.362. The highest BCUT2D eigenvalue weighted by Crippen LogP contribution is 2.63. The van der Waals surface area contributed by atoms with Gasteiger partial charge in [-0.1, -0.05) is 38.4 Å². The van der Waals surface area contributed by atoms with Crippen molar-refractivity contribution >= 4 is 74.6 Å². The van der Waals surface area contributed by atoms with Crippen LogP contribution in [0.2, 0.25) is 10.4 Å². The summed E-state index contributed by atoms with van der Waals surface area (Å²) in [6, 6.07) is -0.948. The van der Waals surface area contributed by atoms with E-state index in [9.17, 15) is 9.59 Å². The number of piperidine rings is 1. The first-order chi connectivity index (χ1) is 20.2. The van der Waals surface area contributed by atoms with E-state index in [4.69, 9.17) is 72.2 Å². The Bertz CT molecular complexity index is 1040. The molecule has 0 saturated carbocycles. The zero-order valence-corrected chi connectivity index (χ0v) is 27.1. The molecule has 44 heavy (non-hydrogen) atoms. The molecular weight excluding hydrogens is 543 g/mol. The molecule has 16 heteroatoms. The van der Waals surface area contributed by atoms with Gasteiger partial charge in [-0.2, -0.15) is 0 Å². The van der Waals surface area contributed by atoms with Crippen LogP contribution in [0.4, 0.5) is 0 Å². The van der Waals surface area contributed by atoms with E-state index >= 15 is 0 Å². The molecule has 0 unspecified atom stereocenters. The van der Waals surface area contributed by atoms with Crippen LogP contribution >= 0.6 is 0 Å². The number of carbonyl (C=O) groups excluding carboxylic acids is 2. The molecule has 0 bridgehead atoms. The fourth-order valence-electron chi connectivity index (χ4n) is 7.19. The Morgan fingerprint density at radius 3 is 2.00 bits per heavy atom. The van der Waals surface area contributed by atoms with Crippen LogP contribution < -0.4 is 5.32 Å². The lowest BCUT2D eigenvalue weighted by Gasteiger charge is -2.52. The lowest BCUT2D eigenvalue weighted by molar-refractivity contribution is -0.303. The number of hydrogen-bond donors (Lipinski definition) is 1. The van der Waals surface area contributed by atoms with Gasteiger partial charge in [-0.15, -0.1) is 10.4 Å². The molecule has 0 aromatic rings. The van der Waals surface area contributed by atoms with Crippen molar-refractivity contribution in [1.82, 2.24) is 20.0 Å². The summed E-state index contributed by atoms with van der Waals surface area (Å²) in [4.78, 5) is 32.6. The highest BCUT2D eigenvalue weighted by Gasteiger charge is 2.63. The molecule has 0 aliphatic carbocycles. The first-order valence-corrected chi connectivity index (χ1v) is 15.9. The van der Waals surface area contributed by atoms with Crippen molar-refractivity contribution < 1.29 is 19.1 Å². The van der Waals surface area contributed by atoms with E-state index in [0.29, 0.717) is 44.8 Å². The Balaban J connectivity index is 1.40. The predicted octanol–water partition coefficient (Wildman–Crippen LogP) is -1.18. The molecule has 0 aromatic heterocycles. The van der Waals surface area contributed by atoms with Crippen LogP contribution in [0.5, 0.6) is 0 Å². The molecule has 4 fully saturated rings. The monoisotopic (exact) mass is 586 g/mol. The summed E-state index contributed by atoms with van der Waals surface area (Å²) in [6.07, 6.45) is 2.31. The number of amides is 2. The van der Waals surface area contributed by atoms with Gasteiger partial charge in [-0.25, -0.2) is 0 Å². The van der Waals surface area contributed by atoms with Crippen molar-refractivity contribution in [3.63, 3.8) is 0 Å². The minimum Gasteiger partial charge on any atom is -0.349 e. The number of carbonyl (C=O) groups is 2. The molecule has 1 spiro atoms. The summed E-state index contributed by atoms with van der Waals surface area (Å²) in [5.74, 6) is -0.509. The van der Waals surface area contributed by atoms with E-state index < -0.39 is 32.9 Å². The number of nitrogens with one attached hydrogen (secondary N) is 1. The molecule has 1 N–H and O–H groups in total. The van der Waals surface area contributed by atoms with Crippen LogP contribution in [0, 0.1) is 17.8 Å². The maximum atomic E-state index is 14.1. The van der Waals surface area contributed by atoms with Crippen molar-refractivity contribution in [2.24, 2.45) is 17.8 Å². The van der Waals surface area contributed by atoms with Gasteiger partial charge in [0.1, 0.15) is 6.04 Å². The molecule has 4 aliphatic heterocycles. The average Bonchev–Trinajstić information content (AvgIpc) is 2.97. The van der Waals surface area contributed by atoms with Gasteiger partial charge < -0.3 is 29.5 Å². The predicted molar refractivity (Wildman–Crippen MR) is 178 cm³/mol. The average molecular weight is 585 g/mol. The molecule has 2 amide bonds. The van der Waals surface area contributed by atoms with Gasteiger partial charge in [0.2, 0.25) is 11.8 Å². The Kier molecular flexibility index (Phi) is 10.5. The Labute approximate surface area is 275 Å². The molecule has 4 heterocycles. The van der Waals surface area contributed by atoms with Crippen LogP contribution in [-0.4, -0.2) is 163 Å². The Hall–Kier alpha value is -0.701. The van der Waals surface area contributed by atoms with Crippen molar-refractivity contribution in [3.8, 4) is 0 Å². The van der Waals surface area contributed by atoms with Crippen LogP contribution in [0.1, 0.15) is 60.3 Å². The molecular formula is C28H42B8N4O4. The molecule has 222 valence electrons. The van der Waals surface area contributed by atoms with E-state index in [1.54, 1.807) is 4.90 Å². The van der Waals surface area contributed by atoms with E-state index in [1.165, 1.54) is 4.90 Å². The SMILES string of the molecule is [B]C1([B])N(CC2COC3(CCN(C(=O)[C@H](CC(C)C)N4CCN[C@@H](CC(C)C)C4=O)[C@@H](C)C3)OC2)C([B])([B])C([B])([B])C1([B])[B]. The van der Waals surface area contributed by atoms with Crippen LogP contribution in [0.15, 0.2) is 0 Å². The van der Waals surface area contributed by atoms with E-state index in [0.717, 1.165) is 6.42 Å². The summed E-state index contributed by atoms with van der Waals surface area (Å²) in [6.45, 7) is 12.7. The topological polar surface area (TPSA) is 74.4 Å². The lowest BCUT2D eigenvalue weighted by Crippen LogP contribution is -2.64. The zero-order valence-electron chi connectivity index (χ0n) is 27.1. The normalized spacial score (nSPS) is 34.1. The second kappa shape index (κ2) is 12.7. The second-order valence-electron chi connectivity index (χ2n) is 14.5. The highest BCUT2D eigenvalue weighted by atomic mass is 16.7. The number of hydrogen-bond acceptors (Lipinski definition) is 6. The largest absolute Gasteiger partial charge is 0.349 e. The fourth-order valence-corrected chi connectivity index (χ4v) is 7.19. The van der Waals surface area contributed by atoms with Gasteiger partial charge in [0.25, 0.3) is 0 Å². The first kappa shape index (κ1) is 36.1. The van der Waals surface area contributed by atoms with Crippen LogP contribution in [0.25, 0.3) is 0 Å². The second-order valence-corrected chi connectivity index (χ2v) is 14.5. The molecule has 4 rings (SSSR count). The third kappa shape index (κ3) is 6.29. The standard InChI is InChI=1S/C28H42B8N4O4/c1-16(2)10-20-22(41)39(9-7-37-20)21(11-17(3)4)23(42)38-8-6-24(12-18(38)5)43-14-19(15-44-24)13-40-27(33,34)25(29,30)26(31,32)28(40,35)36/h16-21,37H,6-15H2,1-5H3/t18-,19?,20-,21-,24?/m0/s1. The van der Waals surface area contributed by atoms with Gasteiger partial charge in [-0.05, 0) is 31.6 Å². The van der Waals surface area contributed by atoms with Crippen molar-refractivity contribution in [3.05, 3.63) is 0 Å². The van der Waals surface area contributed by atoms with Gasteiger partial charge in [0.05, 0.1) is 82.0 Å². The number of piperazine rings is 1. The van der Waals surface area contributed by atoms with Crippen LogP contribution in [0.3, 0.4) is 0 Å². The summed E-state index contributed by atoms with van der Waals surface area (Å²) >= 11 is 0. The van der Waals surface area contributed by atoms with E-state index in [-0.39, 0.29) is 55.5 Å².